The third-order valence-corrected chi connectivity index (χ3v) is 2.62. The Morgan fingerprint density at radius 3 is 2.33 bits per heavy atom. The van der Waals surface area contributed by atoms with E-state index in [1.807, 2.05) is 0 Å². The van der Waals surface area contributed by atoms with Gasteiger partial charge in [0.2, 0.25) is 0 Å². The van der Waals surface area contributed by atoms with Crippen LogP contribution in [0.5, 0.6) is 5.75 Å². The minimum atomic E-state index is 0.120. The molecule has 3 aromatic rings. The minimum Gasteiger partial charge on any atom is -0.507 e. The summed E-state index contributed by atoms with van der Waals surface area (Å²) < 4.78 is 0. The lowest BCUT2D eigenvalue weighted by Crippen LogP contribution is -2.09. The van der Waals surface area contributed by atoms with Gasteiger partial charge in [-0.05, 0) is 24.3 Å². The molecule has 0 atom stereocenters. The van der Waals surface area contributed by atoms with Crippen molar-refractivity contribution in [3.05, 3.63) is 36.7 Å². The molecular formula is C12H7BN4O. The Labute approximate surface area is 104 Å². The fourth-order valence-corrected chi connectivity index (χ4v) is 1.73. The molecule has 1 aromatic carbocycles. The molecule has 0 aliphatic heterocycles. The highest BCUT2D eigenvalue weighted by Crippen LogP contribution is 2.31. The van der Waals surface area contributed by atoms with Crippen molar-refractivity contribution in [1.29, 1.82) is 0 Å². The topological polar surface area (TPSA) is 71.8 Å². The van der Waals surface area contributed by atoms with E-state index in [9.17, 15) is 5.11 Å². The largest absolute Gasteiger partial charge is 0.507 e. The molecule has 6 heteroatoms. The van der Waals surface area contributed by atoms with E-state index in [0.29, 0.717) is 16.9 Å². The highest BCUT2D eigenvalue weighted by Gasteiger charge is 2.08. The summed E-state index contributed by atoms with van der Waals surface area (Å²) in [5, 5.41) is 26.9. The summed E-state index contributed by atoms with van der Waals surface area (Å²) in [6.45, 7) is 0. The predicted octanol–water partition coefficient (Wildman–Crippen LogP) is 0.586. The predicted molar refractivity (Wildman–Crippen MR) is 67.6 cm³/mol. The number of aromatic nitrogens is 4. The van der Waals surface area contributed by atoms with Gasteiger partial charge in [-0.15, -0.1) is 0 Å². The molecule has 0 fully saturated rings. The number of rotatable bonds is 1. The maximum absolute atomic E-state index is 9.98. The van der Waals surface area contributed by atoms with Gasteiger partial charge in [-0.25, -0.2) is 0 Å². The Morgan fingerprint density at radius 1 is 0.944 bits per heavy atom. The Bertz CT molecular complexity index is 715. The number of hydrogen-bond donors (Lipinski definition) is 1. The van der Waals surface area contributed by atoms with Gasteiger partial charge in [-0.1, -0.05) is 0 Å². The third-order valence-electron chi connectivity index (χ3n) is 2.62. The maximum atomic E-state index is 9.98. The van der Waals surface area contributed by atoms with Crippen molar-refractivity contribution in [2.24, 2.45) is 0 Å². The molecule has 18 heavy (non-hydrogen) atoms. The lowest BCUT2D eigenvalue weighted by Gasteiger charge is -2.05. The zero-order valence-electron chi connectivity index (χ0n) is 9.28. The normalized spacial score (nSPS) is 10.7. The highest BCUT2D eigenvalue weighted by atomic mass is 16.3. The first-order chi connectivity index (χ1) is 8.74. The van der Waals surface area contributed by atoms with Crippen molar-refractivity contribution in [2.75, 3.05) is 0 Å². The number of phenols is 1. The number of nitrogens with zero attached hydrogens (tertiary/aromatic N) is 4. The highest BCUT2D eigenvalue weighted by molar-refractivity contribution is 6.30. The average molecular weight is 234 g/mol. The molecule has 2 heterocycles. The van der Waals surface area contributed by atoms with Gasteiger partial charge in [0.1, 0.15) is 13.6 Å². The van der Waals surface area contributed by atoms with Gasteiger partial charge in [0.05, 0.1) is 18.1 Å². The fourth-order valence-electron chi connectivity index (χ4n) is 1.73. The molecule has 2 aromatic heterocycles. The van der Waals surface area contributed by atoms with Crippen molar-refractivity contribution in [3.8, 4) is 17.0 Å². The van der Waals surface area contributed by atoms with Crippen LogP contribution in [0.25, 0.3) is 22.0 Å². The van der Waals surface area contributed by atoms with Gasteiger partial charge in [0.15, 0.2) is 0 Å². The van der Waals surface area contributed by atoms with Gasteiger partial charge in [-0.2, -0.15) is 20.4 Å². The summed E-state index contributed by atoms with van der Waals surface area (Å²) in [4.78, 5) is 0. The van der Waals surface area contributed by atoms with Gasteiger partial charge in [-0.3, -0.25) is 0 Å². The van der Waals surface area contributed by atoms with E-state index in [-0.39, 0.29) is 5.75 Å². The number of fused-ring (bicyclic) bond motifs is 1. The lowest BCUT2D eigenvalue weighted by molar-refractivity contribution is 0.478. The minimum absolute atomic E-state index is 0.120. The molecule has 0 amide bonds. The molecule has 0 saturated carbocycles. The average Bonchev–Trinajstić information content (AvgIpc) is 2.39. The summed E-state index contributed by atoms with van der Waals surface area (Å²) in [7, 11) is 5.48. The molecular weight excluding hydrogens is 227 g/mol. The number of hydrogen-bond acceptors (Lipinski definition) is 5. The first-order valence-corrected chi connectivity index (χ1v) is 5.27. The van der Waals surface area contributed by atoms with Crippen LogP contribution in [-0.2, 0) is 0 Å². The van der Waals surface area contributed by atoms with E-state index in [0.717, 1.165) is 10.8 Å². The Morgan fingerprint density at radius 2 is 1.67 bits per heavy atom. The van der Waals surface area contributed by atoms with Gasteiger partial charge in [0, 0.05) is 21.9 Å². The Balaban J connectivity index is 2.22. The molecule has 3 rings (SSSR count). The Hall–Kier alpha value is -2.50. The zero-order chi connectivity index (χ0) is 12.5. The monoisotopic (exact) mass is 234 g/mol. The van der Waals surface area contributed by atoms with Crippen molar-refractivity contribution in [1.82, 2.24) is 20.4 Å². The van der Waals surface area contributed by atoms with E-state index in [1.54, 1.807) is 36.7 Å². The zero-order valence-corrected chi connectivity index (χ0v) is 9.28. The van der Waals surface area contributed by atoms with Crippen molar-refractivity contribution in [2.45, 2.75) is 0 Å². The van der Waals surface area contributed by atoms with Crippen LogP contribution in [-0.4, -0.2) is 33.3 Å². The molecule has 1 N–H and O–H groups in total. The molecule has 84 valence electrons. The van der Waals surface area contributed by atoms with Crippen LogP contribution in [0.1, 0.15) is 0 Å². The summed E-state index contributed by atoms with van der Waals surface area (Å²) >= 11 is 0. The summed E-state index contributed by atoms with van der Waals surface area (Å²) in [6.07, 6.45) is 3.22. The lowest BCUT2D eigenvalue weighted by atomic mass is 10.0. The van der Waals surface area contributed by atoms with Crippen LogP contribution < -0.4 is 5.59 Å². The number of phenolic OH excluding ortho intramolecular Hbond substituents is 1. The smallest absolute Gasteiger partial charge is 0.144 e. The van der Waals surface area contributed by atoms with Crippen LogP contribution in [0.2, 0.25) is 0 Å². The van der Waals surface area contributed by atoms with Crippen LogP contribution in [0.4, 0.5) is 0 Å². The molecule has 0 spiro atoms. The second-order valence-electron chi connectivity index (χ2n) is 3.83. The van der Waals surface area contributed by atoms with Crippen LogP contribution in [0.15, 0.2) is 36.7 Å². The summed E-state index contributed by atoms with van der Waals surface area (Å²) in [5.74, 6) is 0.120. The van der Waals surface area contributed by atoms with Crippen molar-refractivity contribution < 1.29 is 5.11 Å². The molecule has 0 aliphatic carbocycles. The third kappa shape index (κ3) is 1.77. The number of aromatic hydroxyl groups is 1. The molecule has 0 bridgehead atoms. The summed E-state index contributed by atoms with van der Waals surface area (Å²) in [5.41, 5.74) is 1.48. The standard InChI is InChI=1S/C12H7BN4O/c13-12-2-1-10(16-17-12)9-3-7-5-14-15-6-8(7)4-11(9)18/h1-6,18H. The van der Waals surface area contributed by atoms with Crippen molar-refractivity contribution >= 4 is 24.2 Å². The quantitative estimate of drug-likeness (QED) is 0.623. The van der Waals surface area contributed by atoms with E-state index in [2.05, 4.69) is 20.4 Å². The van der Waals surface area contributed by atoms with E-state index in [1.165, 1.54) is 0 Å². The SMILES string of the molecule is [B]c1ccc(-c2cc3cnncc3cc2O)nn1. The van der Waals surface area contributed by atoms with E-state index in [4.69, 9.17) is 7.85 Å². The van der Waals surface area contributed by atoms with Crippen LogP contribution in [0.3, 0.4) is 0 Å². The van der Waals surface area contributed by atoms with Gasteiger partial charge >= 0.3 is 0 Å². The van der Waals surface area contributed by atoms with E-state index >= 15 is 0 Å². The maximum Gasteiger partial charge on any atom is 0.144 e. The number of benzene rings is 1. The van der Waals surface area contributed by atoms with Gasteiger partial charge < -0.3 is 5.11 Å². The molecule has 0 unspecified atom stereocenters. The second-order valence-corrected chi connectivity index (χ2v) is 3.83. The fraction of sp³-hybridized carbons (Fsp3) is 0. The second kappa shape index (κ2) is 4.07. The molecule has 0 saturated heterocycles. The van der Waals surface area contributed by atoms with Crippen LogP contribution in [0, 0.1) is 0 Å². The first-order valence-electron chi connectivity index (χ1n) is 5.27. The van der Waals surface area contributed by atoms with Crippen LogP contribution >= 0.6 is 0 Å². The van der Waals surface area contributed by atoms with Crippen molar-refractivity contribution in [3.63, 3.8) is 0 Å². The molecule has 0 aliphatic rings. The Kier molecular flexibility index (Phi) is 2.41. The van der Waals surface area contributed by atoms with Gasteiger partial charge in [0.25, 0.3) is 0 Å². The molecule has 5 nitrogen and oxygen atoms in total. The molecule has 2 radical (unpaired) electrons. The first kappa shape index (κ1) is 10.6. The van der Waals surface area contributed by atoms with E-state index < -0.39 is 0 Å². The summed E-state index contributed by atoms with van der Waals surface area (Å²) in [6, 6.07) is 6.76.